The molecule has 0 aliphatic carbocycles. The summed E-state index contributed by atoms with van der Waals surface area (Å²) in [6, 6.07) is 9.35. The van der Waals surface area contributed by atoms with Gasteiger partial charge in [-0.3, -0.25) is 4.79 Å². The van der Waals surface area contributed by atoms with Crippen molar-refractivity contribution in [2.45, 2.75) is 26.9 Å². The summed E-state index contributed by atoms with van der Waals surface area (Å²) >= 11 is 0. The minimum absolute atomic E-state index is 0.262. The van der Waals surface area contributed by atoms with E-state index in [1.807, 2.05) is 49.6 Å². The standard InChI is InChI=1S/C19H20N4O2.C2HF3O2/c1-12-9-17(25-4)18(20-10-12)19(24)22-15-5-7-16(8-6-15)23-11-21-13(2)14(23)3;3-2(4,5)1(6)7/h5-11H,1-4H3,(H,22,24);(H,6,7). The number of ether oxygens (including phenoxy) is 1. The predicted molar refractivity (Wildman–Crippen MR) is 110 cm³/mol. The number of methoxy groups -OCH3 is 1. The number of imidazole rings is 1. The van der Waals surface area contributed by atoms with Gasteiger partial charge in [-0.2, -0.15) is 13.2 Å². The lowest BCUT2D eigenvalue weighted by Gasteiger charge is -2.10. The number of hydrogen-bond acceptors (Lipinski definition) is 5. The van der Waals surface area contributed by atoms with Gasteiger partial charge < -0.3 is 19.7 Å². The Morgan fingerprint density at radius 3 is 2.16 bits per heavy atom. The predicted octanol–water partition coefficient (Wildman–Crippen LogP) is 4.09. The first kappa shape index (κ1) is 24.4. The second-order valence-corrected chi connectivity index (χ2v) is 6.65. The van der Waals surface area contributed by atoms with Gasteiger partial charge in [0.05, 0.1) is 19.1 Å². The number of nitrogens with one attached hydrogen (secondary N) is 1. The highest BCUT2D eigenvalue weighted by Crippen LogP contribution is 2.20. The Morgan fingerprint density at radius 2 is 1.69 bits per heavy atom. The van der Waals surface area contributed by atoms with Crippen molar-refractivity contribution >= 4 is 17.6 Å². The highest BCUT2D eigenvalue weighted by atomic mass is 19.4. The molecule has 2 N–H and O–H groups in total. The number of nitrogens with zero attached hydrogens (tertiary/aromatic N) is 3. The van der Waals surface area contributed by atoms with E-state index in [0.29, 0.717) is 11.4 Å². The van der Waals surface area contributed by atoms with Gasteiger partial charge in [0.1, 0.15) is 5.75 Å². The van der Waals surface area contributed by atoms with Gasteiger partial charge in [0.25, 0.3) is 5.91 Å². The number of hydrogen-bond donors (Lipinski definition) is 2. The summed E-state index contributed by atoms with van der Waals surface area (Å²) in [5.74, 6) is -2.61. The van der Waals surface area contributed by atoms with E-state index in [2.05, 4.69) is 15.3 Å². The first-order valence-electron chi connectivity index (χ1n) is 9.17. The van der Waals surface area contributed by atoms with Gasteiger partial charge in [0.15, 0.2) is 5.69 Å². The first-order chi connectivity index (χ1) is 14.9. The molecule has 0 radical (unpaired) electrons. The fourth-order valence-electron chi connectivity index (χ4n) is 2.52. The summed E-state index contributed by atoms with van der Waals surface area (Å²) in [4.78, 5) is 29.8. The van der Waals surface area contributed by atoms with E-state index in [-0.39, 0.29) is 11.6 Å². The van der Waals surface area contributed by atoms with Crippen LogP contribution in [0.2, 0.25) is 0 Å². The molecule has 0 unspecified atom stereocenters. The third-order valence-electron chi connectivity index (χ3n) is 4.32. The zero-order valence-corrected chi connectivity index (χ0v) is 17.7. The van der Waals surface area contributed by atoms with E-state index in [9.17, 15) is 18.0 Å². The largest absolute Gasteiger partial charge is 0.494 e. The molecule has 3 rings (SSSR count). The molecule has 0 fully saturated rings. The fourth-order valence-corrected chi connectivity index (χ4v) is 2.52. The van der Waals surface area contributed by atoms with Crippen LogP contribution in [0.3, 0.4) is 0 Å². The van der Waals surface area contributed by atoms with Crippen molar-refractivity contribution in [2.75, 3.05) is 12.4 Å². The second kappa shape index (κ2) is 9.94. The van der Waals surface area contributed by atoms with Crippen LogP contribution >= 0.6 is 0 Å². The summed E-state index contributed by atoms with van der Waals surface area (Å²) in [7, 11) is 1.53. The lowest BCUT2D eigenvalue weighted by atomic mass is 10.2. The number of amides is 1. The van der Waals surface area contributed by atoms with Crippen molar-refractivity contribution in [2.24, 2.45) is 0 Å². The lowest BCUT2D eigenvalue weighted by Crippen LogP contribution is -2.21. The number of pyridine rings is 1. The highest BCUT2D eigenvalue weighted by molar-refractivity contribution is 6.04. The minimum atomic E-state index is -5.08. The van der Waals surface area contributed by atoms with Gasteiger partial charge in [-0.25, -0.2) is 14.8 Å². The maximum atomic E-state index is 12.4. The number of aliphatic carboxylic acids is 1. The van der Waals surface area contributed by atoms with Crippen molar-refractivity contribution in [3.05, 3.63) is 65.5 Å². The quantitative estimate of drug-likeness (QED) is 0.620. The molecule has 32 heavy (non-hydrogen) atoms. The molecule has 3 aromatic rings. The van der Waals surface area contributed by atoms with E-state index in [1.165, 1.54) is 7.11 Å². The fraction of sp³-hybridized carbons (Fsp3) is 0.238. The van der Waals surface area contributed by atoms with Gasteiger partial charge >= 0.3 is 12.1 Å². The van der Waals surface area contributed by atoms with Crippen molar-refractivity contribution in [3.63, 3.8) is 0 Å². The van der Waals surface area contributed by atoms with Crippen molar-refractivity contribution in [3.8, 4) is 11.4 Å². The Labute approximate surface area is 181 Å². The van der Waals surface area contributed by atoms with Gasteiger partial charge in [-0.05, 0) is 56.7 Å². The van der Waals surface area contributed by atoms with Crippen LogP contribution in [0.25, 0.3) is 5.69 Å². The molecule has 0 aliphatic heterocycles. The Bertz CT molecular complexity index is 1110. The molecule has 8 nitrogen and oxygen atoms in total. The Hall–Kier alpha value is -3.89. The van der Waals surface area contributed by atoms with Gasteiger partial charge in [0, 0.05) is 23.3 Å². The second-order valence-electron chi connectivity index (χ2n) is 6.65. The molecule has 2 heterocycles. The topological polar surface area (TPSA) is 106 Å². The molecule has 170 valence electrons. The molecule has 0 saturated carbocycles. The molecule has 0 saturated heterocycles. The molecular weight excluding hydrogens is 429 g/mol. The average Bonchev–Trinajstić information content (AvgIpc) is 3.06. The average molecular weight is 450 g/mol. The SMILES string of the molecule is COc1cc(C)cnc1C(=O)Nc1ccc(-n2cnc(C)c2C)cc1.O=C(O)C(F)(F)F. The number of carboxylic acid groups (broad SMARTS) is 1. The highest BCUT2D eigenvalue weighted by Gasteiger charge is 2.38. The minimum Gasteiger partial charge on any atom is -0.494 e. The number of alkyl halides is 3. The smallest absolute Gasteiger partial charge is 0.490 e. The number of anilines is 1. The molecule has 0 bridgehead atoms. The number of benzene rings is 1. The maximum Gasteiger partial charge on any atom is 0.490 e. The first-order valence-corrected chi connectivity index (χ1v) is 9.17. The number of carbonyl (C=O) groups is 2. The van der Waals surface area contributed by atoms with E-state index in [0.717, 1.165) is 22.6 Å². The van der Waals surface area contributed by atoms with E-state index in [4.69, 9.17) is 14.6 Å². The van der Waals surface area contributed by atoms with E-state index >= 15 is 0 Å². The number of carboxylic acids is 1. The number of aryl methyl sites for hydroxylation is 2. The summed E-state index contributed by atoms with van der Waals surface area (Å²) in [6.07, 6.45) is -1.65. The summed E-state index contributed by atoms with van der Waals surface area (Å²) < 4.78 is 39.0. The van der Waals surface area contributed by atoms with Crippen molar-refractivity contribution in [1.82, 2.24) is 14.5 Å². The number of halogens is 3. The van der Waals surface area contributed by atoms with Crippen LogP contribution < -0.4 is 10.1 Å². The number of carbonyl (C=O) groups excluding carboxylic acids is 1. The molecule has 0 spiro atoms. The molecule has 1 aromatic carbocycles. The molecule has 0 aliphatic rings. The molecule has 2 aromatic heterocycles. The Kier molecular flexibility index (Phi) is 7.58. The van der Waals surface area contributed by atoms with Crippen LogP contribution in [0.15, 0.2) is 42.9 Å². The van der Waals surface area contributed by atoms with Crippen LogP contribution in [0, 0.1) is 20.8 Å². The maximum absolute atomic E-state index is 12.4. The Morgan fingerprint density at radius 1 is 1.09 bits per heavy atom. The molecule has 0 atom stereocenters. The van der Waals surface area contributed by atoms with E-state index < -0.39 is 12.1 Å². The zero-order chi connectivity index (χ0) is 24.1. The molecule has 11 heteroatoms. The third-order valence-corrected chi connectivity index (χ3v) is 4.32. The van der Waals surface area contributed by atoms with Crippen LogP contribution in [0.5, 0.6) is 5.75 Å². The van der Waals surface area contributed by atoms with E-state index in [1.54, 1.807) is 18.6 Å². The third kappa shape index (κ3) is 6.06. The van der Waals surface area contributed by atoms with Gasteiger partial charge in [-0.15, -0.1) is 0 Å². The normalized spacial score (nSPS) is 10.7. The number of aromatic nitrogens is 3. The number of rotatable bonds is 4. The lowest BCUT2D eigenvalue weighted by molar-refractivity contribution is -0.192. The van der Waals surface area contributed by atoms with Gasteiger partial charge in [0.2, 0.25) is 0 Å². The van der Waals surface area contributed by atoms with Crippen LogP contribution in [-0.4, -0.2) is 44.8 Å². The van der Waals surface area contributed by atoms with Gasteiger partial charge in [-0.1, -0.05) is 0 Å². The zero-order valence-electron chi connectivity index (χ0n) is 17.7. The molecule has 1 amide bonds. The molecular formula is C21H21F3N4O4. The summed E-state index contributed by atoms with van der Waals surface area (Å²) in [5, 5.41) is 9.97. The van der Waals surface area contributed by atoms with Crippen LogP contribution in [0.4, 0.5) is 18.9 Å². The summed E-state index contributed by atoms with van der Waals surface area (Å²) in [6.45, 7) is 5.89. The monoisotopic (exact) mass is 450 g/mol. The van der Waals surface area contributed by atoms with Crippen LogP contribution in [-0.2, 0) is 4.79 Å². The summed E-state index contributed by atoms with van der Waals surface area (Å²) in [5.41, 5.74) is 4.96. The van der Waals surface area contributed by atoms with Crippen molar-refractivity contribution < 1.29 is 32.6 Å². The van der Waals surface area contributed by atoms with Crippen molar-refractivity contribution in [1.29, 1.82) is 0 Å². The van der Waals surface area contributed by atoms with Crippen LogP contribution in [0.1, 0.15) is 27.4 Å². The Balaban J connectivity index is 0.000000451.